The van der Waals surface area contributed by atoms with Crippen molar-refractivity contribution < 1.29 is 54.0 Å². The minimum Gasteiger partial charge on any atom is -0.481 e. The molecule has 2 rings (SSSR count). The lowest BCUT2D eigenvalue weighted by Crippen LogP contribution is -2.61. The fourth-order valence-electron chi connectivity index (χ4n) is 4.96. The van der Waals surface area contributed by atoms with E-state index in [9.17, 15) is 54.0 Å². The fraction of sp³-hybridized carbons (Fsp3) is 0.531. The van der Waals surface area contributed by atoms with Crippen LogP contribution in [0.3, 0.4) is 0 Å². The molecule has 50 heavy (non-hydrogen) atoms. The second-order valence-corrected chi connectivity index (χ2v) is 12.6. The van der Waals surface area contributed by atoms with Crippen LogP contribution in [-0.2, 0) is 40.0 Å². The number of benzene rings is 1. The van der Waals surface area contributed by atoms with Crippen LogP contribution in [0, 0.1) is 5.92 Å². The lowest BCUT2D eigenvalue weighted by atomic mass is 10.00. The number of carbonyl (C=O) groups is 7. The number of nitrogens with one attached hydrogen (secondary N) is 6. The third-order valence-corrected chi connectivity index (χ3v) is 7.61. The van der Waals surface area contributed by atoms with Gasteiger partial charge in [0, 0.05) is 23.5 Å². The molecule has 0 radical (unpaired) electrons. The van der Waals surface area contributed by atoms with Crippen LogP contribution in [0.1, 0.15) is 53.0 Å². The van der Waals surface area contributed by atoms with E-state index < -0.39 is 96.4 Å². The van der Waals surface area contributed by atoms with Crippen LogP contribution >= 0.6 is 0 Å². The summed E-state index contributed by atoms with van der Waals surface area (Å²) in [7, 11) is 0. The molecule has 0 fully saturated rings. The maximum atomic E-state index is 13.9. The van der Waals surface area contributed by atoms with Crippen molar-refractivity contribution in [2.24, 2.45) is 11.7 Å². The molecule has 12 N–H and O–H groups in total. The van der Waals surface area contributed by atoms with Crippen LogP contribution in [0.5, 0.6) is 0 Å². The third-order valence-electron chi connectivity index (χ3n) is 7.61. The molecule has 5 amide bonds. The first-order valence-electron chi connectivity index (χ1n) is 15.9. The van der Waals surface area contributed by atoms with Gasteiger partial charge in [0.15, 0.2) is 6.04 Å². The van der Waals surface area contributed by atoms with Gasteiger partial charge in [0.25, 0.3) is 0 Å². The van der Waals surface area contributed by atoms with Crippen molar-refractivity contribution in [2.45, 2.75) is 102 Å². The Bertz CT molecular complexity index is 1540. The topological polar surface area (TPSA) is 302 Å². The number of rotatable bonds is 19. The van der Waals surface area contributed by atoms with Crippen LogP contribution < -0.4 is 32.3 Å². The minimum absolute atomic E-state index is 0.0150. The zero-order valence-electron chi connectivity index (χ0n) is 28.4. The average Bonchev–Trinajstić information content (AvgIpc) is 3.42. The summed E-state index contributed by atoms with van der Waals surface area (Å²) in [5.74, 6) is -8.07. The van der Waals surface area contributed by atoms with E-state index in [1.807, 2.05) is 5.32 Å². The van der Waals surface area contributed by atoms with Gasteiger partial charge in [-0.25, -0.2) is 4.79 Å². The number of hydrogen-bond acceptors (Lipinski definition) is 10. The number of carboxylic acid groups (broad SMARTS) is 2. The van der Waals surface area contributed by atoms with E-state index >= 15 is 0 Å². The Hall–Kier alpha value is -5.07. The highest BCUT2D eigenvalue weighted by Gasteiger charge is 2.35. The molecule has 1 aromatic heterocycles. The first kappa shape index (κ1) is 41.1. The van der Waals surface area contributed by atoms with E-state index in [1.54, 1.807) is 44.3 Å². The van der Waals surface area contributed by atoms with Crippen molar-refractivity contribution in [3.8, 4) is 0 Å². The Labute approximate surface area is 287 Å². The lowest BCUT2D eigenvalue weighted by molar-refractivity contribution is -0.146. The number of aromatic nitrogens is 1. The molecule has 0 aliphatic carbocycles. The van der Waals surface area contributed by atoms with Gasteiger partial charge in [-0.1, -0.05) is 32.0 Å². The zero-order valence-corrected chi connectivity index (χ0v) is 28.4. The number of H-pyrrole nitrogens is 1. The SMILES string of the molecule is CC(C)C[C@H](NC(=O)[C@H](Cc1c[nH]c2ccccc12)NC(=O)[C@@H](NC(=O)[C@H](C)N)[C@@H](C)O)C(=O)N[C@@H](CC(=O)O)C(=O)N[C@H](C(=O)O)[C@@H](C)O. The molecule has 0 saturated carbocycles. The number of carbonyl (C=O) groups excluding carboxylic acids is 5. The molecule has 0 aliphatic heterocycles. The van der Waals surface area contributed by atoms with Crippen molar-refractivity contribution in [1.82, 2.24) is 31.6 Å². The largest absolute Gasteiger partial charge is 0.481 e. The second-order valence-electron chi connectivity index (χ2n) is 12.6. The second kappa shape index (κ2) is 18.6. The van der Waals surface area contributed by atoms with Gasteiger partial charge in [0.1, 0.15) is 24.2 Å². The van der Waals surface area contributed by atoms with Gasteiger partial charge in [-0.05, 0) is 44.7 Å². The Morgan fingerprint density at radius 1 is 0.700 bits per heavy atom. The Kier molecular flexibility index (Phi) is 15.3. The van der Waals surface area contributed by atoms with Crippen LogP contribution in [0.4, 0.5) is 0 Å². The highest BCUT2D eigenvalue weighted by atomic mass is 16.4. The van der Waals surface area contributed by atoms with Gasteiger partial charge in [0.05, 0.1) is 24.7 Å². The normalized spacial score (nSPS) is 16.1. The van der Waals surface area contributed by atoms with E-state index in [1.165, 1.54) is 13.8 Å². The zero-order chi connectivity index (χ0) is 37.9. The van der Waals surface area contributed by atoms with Crippen LogP contribution in [0.15, 0.2) is 30.5 Å². The molecule has 1 heterocycles. The highest BCUT2D eigenvalue weighted by molar-refractivity contribution is 5.97. The minimum atomic E-state index is -1.81. The van der Waals surface area contributed by atoms with Gasteiger partial charge in [0.2, 0.25) is 29.5 Å². The molecule has 0 aliphatic rings. The number of aromatic amines is 1. The molecule has 0 unspecified atom stereocenters. The van der Waals surface area contributed by atoms with E-state index in [0.717, 1.165) is 17.8 Å². The number of aliphatic hydroxyl groups is 2. The summed E-state index contributed by atoms with van der Waals surface area (Å²) in [5, 5.41) is 51.2. The number of hydrogen-bond donors (Lipinski definition) is 11. The van der Waals surface area contributed by atoms with Crippen LogP contribution in [-0.4, -0.2) is 115 Å². The maximum absolute atomic E-state index is 13.9. The van der Waals surface area contributed by atoms with E-state index in [0.29, 0.717) is 5.56 Å². The number of carboxylic acids is 2. The molecule has 18 nitrogen and oxygen atoms in total. The molecule has 18 heteroatoms. The third kappa shape index (κ3) is 12.1. The number of aliphatic carboxylic acids is 2. The summed E-state index contributed by atoms with van der Waals surface area (Å²) < 4.78 is 0. The summed E-state index contributed by atoms with van der Waals surface area (Å²) in [6.07, 6.45) is -2.42. The van der Waals surface area contributed by atoms with Crippen molar-refractivity contribution in [3.05, 3.63) is 36.0 Å². The fourth-order valence-corrected chi connectivity index (χ4v) is 4.96. The van der Waals surface area contributed by atoms with Crippen molar-refractivity contribution in [1.29, 1.82) is 0 Å². The molecule has 0 saturated heterocycles. The summed E-state index contributed by atoms with van der Waals surface area (Å²) >= 11 is 0. The van der Waals surface area contributed by atoms with Gasteiger partial charge in [-0.15, -0.1) is 0 Å². The number of para-hydroxylation sites is 1. The predicted molar refractivity (Wildman–Crippen MR) is 178 cm³/mol. The lowest BCUT2D eigenvalue weighted by Gasteiger charge is -2.28. The van der Waals surface area contributed by atoms with Gasteiger partial charge < -0.3 is 57.7 Å². The van der Waals surface area contributed by atoms with E-state index in [-0.39, 0.29) is 18.8 Å². The Balaban J connectivity index is 2.43. The van der Waals surface area contributed by atoms with Gasteiger partial charge in [-0.2, -0.15) is 0 Å². The molecule has 0 bridgehead atoms. The quantitative estimate of drug-likeness (QED) is 0.0746. The molecule has 2 aromatic rings. The van der Waals surface area contributed by atoms with Crippen LogP contribution in [0.2, 0.25) is 0 Å². The Morgan fingerprint density at radius 2 is 1.22 bits per heavy atom. The maximum Gasteiger partial charge on any atom is 0.328 e. The standard InChI is InChI=1S/C32H47N7O11/c1-14(2)10-21(28(45)36-23(12-24(42)43)30(47)39-26(17(5)41)32(49)50)35-29(46)22(11-18-13-34-20-9-7-6-8-19(18)20)37-31(48)25(16(4)40)38-27(44)15(3)33/h6-9,13-17,21-23,25-26,34,40-41H,10-12,33H2,1-5H3,(H,35,46)(H,36,45)(H,37,48)(H,38,44)(H,39,47)(H,42,43)(H,49,50)/t15-,16+,17+,21-,22-,23-,25-,26-/m0/s1. The van der Waals surface area contributed by atoms with Crippen LogP contribution in [0.25, 0.3) is 10.9 Å². The first-order chi connectivity index (χ1) is 23.3. The molecule has 0 spiro atoms. The molecule has 8 atom stereocenters. The number of aliphatic hydroxyl groups excluding tert-OH is 2. The van der Waals surface area contributed by atoms with Gasteiger partial charge >= 0.3 is 11.9 Å². The summed E-state index contributed by atoms with van der Waals surface area (Å²) in [6, 6.07) is -1.75. The highest BCUT2D eigenvalue weighted by Crippen LogP contribution is 2.20. The average molecular weight is 706 g/mol. The summed E-state index contributed by atoms with van der Waals surface area (Å²) in [5.41, 5.74) is 6.94. The van der Waals surface area contributed by atoms with Crippen molar-refractivity contribution >= 4 is 52.4 Å². The summed E-state index contributed by atoms with van der Waals surface area (Å²) in [4.78, 5) is 92.1. The van der Waals surface area contributed by atoms with Crippen molar-refractivity contribution in [3.63, 3.8) is 0 Å². The van der Waals surface area contributed by atoms with E-state index in [4.69, 9.17) is 5.73 Å². The van der Waals surface area contributed by atoms with Crippen molar-refractivity contribution in [2.75, 3.05) is 0 Å². The summed E-state index contributed by atoms with van der Waals surface area (Å²) in [6.45, 7) is 7.19. The Morgan fingerprint density at radius 3 is 1.76 bits per heavy atom. The van der Waals surface area contributed by atoms with Gasteiger partial charge in [-0.3, -0.25) is 28.8 Å². The molecule has 276 valence electrons. The predicted octanol–water partition coefficient (Wildman–Crippen LogP) is -2.15. The number of nitrogens with two attached hydrogens (primary N) is 1. The number of amides is 5. The first-order valence-corrected chi connectivity index (χ1v) is 15.9. The molecular formula is C32H47N7O11. The van der Waals surface area contributed by atoms with E-state index in [2.05, 4.69) is 26.3 Å². The number of fused-ring (bicyclic) bond motifs is 1. The molecular weight excluding hydrogens is 658 g/mol. The molecule has 1 aromatic carbocycles. The smallest absolute Gasteiger partial charge is 0.328 e. The monoisotopic (exact) mass is 705 g/mol.